The lowest BCUT2D eigenvalue weighted by Gasteiger charge is -2.46. The summed E-state index contributed by atoms with van der Waals surface area (Å²) in [6.45, 7) is 6.05. The Labute approximate surface area is 98.4 Å². The van der Waals surface area contributed by atoms with Gasteiger partial charge in [-0.25, -0.2) is 0 Å². The number of rotatable bonds is 1. The fraction of sp³-hybridized carbons (Fsp3) is 1.00. The monoisotopic (exact) mass is 224 g/mol. The van der Waals surface area contributed by atoms with E-state index in [1.165, 1.54) is 45.3 Å². The van der Waals surface area contributed by atoms with Crippen molar-refractivity contribution in [3.63, 3.8) is 0 Å². The van der Waals surface area contributed by atoms with E-state index in [0.717, 1.165) is 12.5 Å². The fourth-order valence-electron chi connectivity index (χ4n) is 3.98. The van der Waals surface area contributed by atoms with Crippen LogP contribution in [0.1, 0.15) is 39.0 Å². The minimum absolute atomic E-state index is 0.0598. The van der Waals surface area contributed by atoms with Gasteiger partial charge in [0, 0.05) is 31.2 Å². The van der Waals surface area contributed by atoms with Crippen LogP contribution in [-0.4, -0.2) is 58.8 Å². The summed E-state index contributed by atoms with van der Waals surface area (Å²) < 4.78 is 0. The molecule has 2 aliphatic heterocycles. The van der Waals surface area contributed by atoms with Gasteiger partial charge in [-0.15, -0.1) is 0 Å². The minimum Gasteiger partial charge on any atom is -0.391 e. The third kappa shape index (κ3) is 1.79. The molecule has 4 atom stereocenters. The number of nitrogens with zero attached hydrogens (tertiary/aromatic N) is 2. The summed E-state index contributed by atoms with van der Waals surface area (Å²) in [4.78, 5) is 5.26. The second-order valence-corrected chi connectivity index (χ2v) is 5.90. The highest BCUT2D eigenvalue weighted by molar-refractivity contribution is 4.96. The second kappa shape index (κ2) is 4.28. The normalized spacial score (nSPS) is 46.1. The van der Waals surface area contributed by atoms with E-state index < -0.39 is 0 Å². The molecule has 0 bridgehead atoms. The summed E-state index contributed by atoms with van der Waals surface area (Å²) in [5, 5.41) is 10.0. The Hall–Kier alpha value is -0.120. The number of piperazine rings is 1. The molecular weight excluding hydrogens is 200 g/mol. The number of aliphatic hydroxyl groups excluding tert-OH is 1. The van der Waals surface area contributed by atoms with Crippen LogP contribution in [-0.2, 0) is 0 Å². The molecule has 4 unspecified atom stereocenters. The predicted molar refractivity (Wildman–Crippen MR) is 64.4 cm³/mol. The third-order valence-electron chi connectivity index (χ3n) is 4.86. The highest BCUT2D eigenvalue weighted by atomic mass is 16.3. The topological polar surface area (TPSA) is 26.7 Å². The van der Waals surface area contributed by atoms with Crippen molar-refractivity contribution in [2.75, 3.05) is 19.6 Å². The Morgan fingerprint density at radius 3 is 2.69 bits per heavy atom. The molecule has 2 saturated heterocycles. The molecule has 3 nitrogen and oxygen atoms in total. The third-order valence-corrected chi connectivity index (χ3v) is 4.86. The molecule has 16 heavy (non-hydrogen) atoms. The molecule has 1 aliphatic carbocycles. The first-order valence-electron chi connectivity index (χ1n) is 6.93. The molecule has 0 aromatic heterocycles. The lowest BCUT2D eigenvalue weighted by atomic mass is 10.0. The van der Waals surface area contributed by atoms with Crippen molar-refractivity contribution in [3.05, 3.63) is 0 Å². The number of aliphatic hydroxyl groups is 1. The maximum absolute atomic E-state index is 10.0. The van der Waals surface area contributed by atoms with E-state index in [1.807, 2.05) is 0 Å². The van der Waals surface area contributed by atoms with Gasteiger partial charge in [-0.3, -0.25) is 9.80 Å². The highest BCUT2D eigenvalue weighted by Crippen LogP contribution is 2.31. The van der Waals surface area contributed by atoms with E-state index in [0.29, 0.717) is 12.1 Å². The van der Waals surface area contributed by atoms with Crippen molar-refractivity contribution >= 4 is 0 Å². The zero-order valence-corrected chi connectivity index (χ0v) is 10.3. The van der Waals surface area contributed by atoms with Crippen LogP contribution in [0.5, 0.6) is 0 Å². The minimum atomic E-state index is -0.0598. The number of fused-ring (bicyclic) bond motifs is 1. The van der Waals surface area contributed by atoms with Gasteiger partial charge >= 0.3 is 0 Å². The van der Waals surface area contributed by atoms with Crippen molar-refractivity contribution in [3.8, 4) is 0 Å². The van der Waals surface area contributed by atoms with Crippen molar-refractivity contribution in [1.82, 2.24) is 9.80 Å². The lowest BCUT2D eigenvalue weighted by molar-refractivity contribution is -0.0104. The second-order valence-electron chi connectivity index (χ2n) is 5.90. The van der Waals surface area contributed by atoms with Crippen LogP contribution in [0.3, 0.4) is 0 Å². The summed E-state index contributed by atoms with van der Waals surface area (Å²) in [5.41, 5.74) is 0. The quantitative estimate of drug-likeness (QED) is 0.722. The van der Waals surface area contributed by atoms with E-state index in [4.69, 9.17) is 0 Å². The first-order chi connectivity index (χ1) is 7.75. The lowest BCUT2D eigenvalue weighted by Crippen LogP contribution is -2.59. The van der Waals surface area contributed by atoms with Crippen LogP contribution >= 0.6 is 0 Å². The van der Waals surface area contributed by atoms with E-state index in [2.05, 4.69) is 16.7 Å². The van der Waals surface area contributed by atoms with Crippen molar-refractivity contribution < 1.29 is 5.11 Å². The zero-order valence-electron chi connectivity index (χ0n) is 10.3. The molecule has 1 saturated carbocycles. The van der Waals surface area contributed by atoms with Crippen LogP contribution in [0, 0.1) is 0 Å². The zero-order chi connectivity index (χ0) is 11.1. The summed E-state index contributed by atoms with van der Waals surface area (Å²) >= 11 is 0. The van der Waals surface area contributed by atoms with Crippen molar-refractivity contribution in [2.24, 2.45) is 0 Å². The van der Waals surface area contributed by atoms with E-state index >= 15 is 0 Å². The largest absolute Gasteiger partial charge is 0.391 e. The Morgan fingerprint density at radius 1 is 1.06 bits per heavy atom. The molecule has 3 aliphatic rings. The fourth-order valence-corrected chi connectivity index (χ4v) is 3.98. The average molecular weight is 224 g/mol. The van der Waals surface area contributed by atoms with Gasteiger partial charge in [0.2, 0.25) is 0 Å². The molecular formula is C13H24N2O. The van der Waals surface area contributed by atoms with Crippen LogP contribution < -0.4 is 0 Å². The van der Waals surface area contributed by atoms with Gasteiger partial charge in [0.1, 0.15) is 0 Å². The SMILES string of the molecule is CC1CN2CCCC2CN1C1CCCC1O. The smallest absolute Gasteiger partial charge is 0.0695 e. The molecule has 0 spiro atoms. The molecule has 3 fully saturated rings. The van der Waals surface area contributed by atoms with Gasteiger partial charge < -0.3 is 5.11 Å². The Balaban J connectivity index is 1.70. The summed E-state index contributed by atoms with van der Waals surface area (Å²) in [5.74, 6) is 0. The van der Waals surface area contributed by atoms with Gasteiger partial charge in [0.15, 0.2) is 0 Å². The predicted octanol–water partition coefficient (Wildman–Crippen LogP) is 1.07. The number of hydrogen-bond acceptors (Lipinski definition) is 3. The van der Waals surface area contributed by atoms with Crippen LogP contribution in [0.25, 0.3) is 0 Å². The molecule has 0 radical (unpaired) electrons. The maximum atomic E-state index is 10.0. The first kappa shape index (κ1) is 11.0. The molecule has 2 heterocycles. The van der Waals surface area contributed by atoms with Crippen LogP contribution in [0.4, 0.5) is 0 Å². The van der Waals surface area contributed by atoms with Gasteiger partial charge in [-0.05, 0) is 45.6 Å². The Kier molecular flexibility index (Phi) is 2.94. The van der Waals surface area contributed by atoms with Crippen molar-refractivity contribution in [1.29, 1.82) is 0 Å². The van der Waals surface area contributed by atoms with Gasteiger partial charge in [-0.2, -0.15) is 0 Å². The standard InChI is InChI=1S/C13H24N2O/c1-10-8-14-7-3-4-11(14)9-15(10)12-5-2-6-13(12)16/h10-13,16H,2-9H2,1H3. The number of hydrogen-bond donors (Lipinski definition) is 1. The van der Waals surface area contributed by atoms with Crippen molar-refractivity contribution in [2.45, 2.75) is 63.3 Å². The summed E-state index contributed by atoms with van der Waals surface area (Å²) in [7, 11) is 0. The molecule has 92 valence electrons. The Bertz CT molecular complexity index is 258. The van der Waals surface area contributed by atoms with E-state index in [9.17, 15) is 5.11 Å². The summed E-state index contributed by atoms with van der Waals surface area (Å²) in [6.07, 6.45) is 6.12. The highest BCUT2D eigenvalue weighted by Gasteiger charge is 2.40. The van der Waals surface area contributed by atoms with Crippen LogP contribution in [0.2, 0.25) is 0 Å². The van der Waals surface area contributed by atoms with E-state index in [1.54, 1.807) is 0 Å². The Morgan fingerprint density at radius 2 is 1.94 bits per heavy atom. The average Bonchev–Trinajstić information content (AvgIpc) is 2.85. The molecule has 1 N–H and O–H groups in total. The molecule has 3 heteroatoms. The maximum Gasteiger partial charge on any atom is 0.0695 e. The van der Waals surface area contributed by atoms with Gasteiger partial charge in [0.25, 0.3) is 0 Å². The van der Waals surface area contributed by atoms with Gasteiger partial charge in [0.05, 0.1) is 6.10 Å². The molecule has 3 rings (SSSR count). The molecule has 0 aromatic carbocycles. The van der Waals surface area contributed by atoms with Crippen LogP contribution in [0.15, 0.2) is 0 Å². The van der Waals surface area contributed by atoms with Gasteiger partial charge in [-0.1, -0.05) is 0 Å². The first-order valence-corrected chi connectivity index (χ1v) is 6.93. The molecule has 0 amide bonds. The van der Waals surface area contributed by atoms with E-state index in [-0.39, 0.29) is 6.10 Å². The summed E-state index contributed by atoms with van der Waals surface area (Å²) in [6, 6.07) is 1.87. The molecule has 0 aromatic rings.